The van der Waals surface area contributed by atoms with Crippen LogP contribution in [0.4, 0.5) is 4.39 Å². The third kappa shape index (κ3) is 4.41. The van der Waals surface area contributed by atoms with Gasteiger partial charge in [-0.3, -0.25) is 4.79 Å². The van der Waals surface area contributed by atoms with Crippen molar-refractivity contribution in [1.29, 1.82) is 0 Å². The highest BCUT2D eigenvalue weighted by atomic mass is 19.1. The Morgan fingerprint density at radius 1 is 1.38 bits per heavy atom. The van der Waals surface area contributed by atoms with Crippen LogP contribution in [0.3, 0.4) is 0 Å². The molecule has 0 aliphatic rings. The predicted octanol–water partition coefficient (Wildman–Crippen LogP) is 2.65. The maximum atomic E-state index is 13.4. The number of aryl methyl sites for hydroxylation is 1. The van der Waals surface area contributed by atoms with Crippen molar-refractivity contribution in [3.63, 3.8) is 0 Å². The molecule has 1 aromatic carbocycles. The second-order valence-corrected chi connectivity index (χ2v) is 6.87. The van der Waals surface area contributed by atoms with Crippen LogP contribution in [0.1, 0.15) is 37.9 Å². The average molecular weight is 333 g/mol. The Morgan fingerprint density at radius 2 is 2.08 bits per heavy atom. The molecule has 0 saturated carbocycles. The Labute approximate surface area is 141 Å². The summed E-state index contributed by atoms with van der Waals surface area (Å²) in [5.41, 5.74) is 1.07. The van der Waals surface area contributed by atoms with Crippen molar-refractivity contribution in [2.45, 2.75) is 52.9 Å². The number of benzene rings is 1. The average Bonchev–Trinajstić information content (AvgIpc) is 2.83. The van der Waals surface area contributed by atoms with Gasteiger partial charge in [0.1, 0.15) is 24.8 Å². The van der Waals surface area contributed by atoms with Crippen LogP contribution < -0.4 is 0 Å². The molecule has 0 bridgehead atoms. The van der Waals surface area contributed by atoms with Crippen molar-refractivity contribution < 1.29 is 14.3 Å². The highest BCUT2D eigenvalue weighted by Gasteiger charge is 2.27. The molecule has 0 aliphatic carbocycles. The van der Waals surface area contributed by atoms with Gasteiger partial charge in [0.25, 0.3) is 0 Å². The molecule has 5 nitrogen and oxygen atoms in total. The summed E-state index contributed by atoms with van der Waals surface area (Å²) in [4.78, 5) is 18.7. The van der Waals surface area contributed by atoms with Gasteiger partial charge >= 0.3 is 0 Å². The summed E-state index contributed by atoms with van der Waals surface area (Å²) >= 11 is 0. The third-order valence-electron chi connectivity index (χ3n) is 3.77. The minimum Gasteiger partial charge on any atom is -0.388 e. The van der Waals surface area contributed by atoms with Gasteiger partial charge in [0.2, 0.25) is 5.91 Å². The maximum absolute atomic E-state index is 13.4. The first-order valence-electron chi connectivity index (χ1n) is 7.89. The smallest absolute Gasteiger partial charge is 0.243 e. The van der Waals surface area contributed by atoms with Gasteiger partial charge in [-0.2, -0.15) is 0 Å². The molecule has 1 heterocycles. The fraction of sp³-hybridized carbons (Fsp3) is 0.444. The highest BCUT2D eigenvalue weighted by molar-refractivity contribution is 5.77. The molecule has 0 radical (unpaired) electrons. The number of aromatic nitrogens is 2. The Balaban J connectivity index is 2.22. The zero-order valence-electron chi connectivity index (χ0n) is 14.6. The molecule has 0 spiro atoms. The van der Waals surface area contributed by atoms with E-state index in [0.29, 0.717) is 12.4 Å². The Hall–Kier alpha value is -2.21. The van der Waals surface area contributed by atoms with E-state index in [1.165, 1.54) is 12.1 Å². The number of aliphatic hydroxyl groups excluding tert-OH is 1. The van der Waals surface area contributed by atoms with Gasteiger partial charge in [-0.25, -0.2) is 9.37 Å². The molecule has 2 aromatic rings. The lowest BCUT2D eigenvalue weighted by atomic mass is 10.0. The monoisotopic (exact) mass is 333 g/mol. The number of amides is 1. The molecule has 0 unspecified atom stereocenters. The van der Waals surface area contributed by atoms with E-state index in [-0.39, 0.29) is 24.9 Å². The topological polar surface area (TPSA) is 58.4 Å². The Bertz CT molecular complexity index is 719. The van der Waals surface area contributed by atoms with Crippen molar-refractivity contribution in [1.82, 2.24) is 14.5 Å². The van der Waals surface area contributed by atoms with Crippen molar-refractivity contribution in [3.05, 3.63) is 53.4 Å². The summed E-state index contributed by atoms with van der Waals surface area (Å²) in [5, 5.41) is 9.36. The zero-order valence-corrected chi connectivity index (χ0v) is 14.6. The van der Waals surface area contributed by atoms with Crippen molar-refractivity contribution in [2.24, 2.45) is 0 Å². The van der Waals surface area contributed by atoms with E-state index < -0.39 is 5.54 Å². The van der Waals surface area contributed by atoms with Crippen molar-refractivity contribution in [3.8, 4) is 0 Å². The Kier molecular flexibility index (Phi) is 5.39. The van der Waals surface area contributed by atoms with Gasteiger partial charge in [0, 0.05) is 18.3 Å². The lowest BCUT2D eigenvalue weighted by molar-refractivity contribution is -0.137. The maximum Gasteiger partial charge on any atom is 0.243 e. The van der Waals surface area contributed by atoms with Gasteiger partial charge in [-0.05, 0) is 45.4 Å². The van der Waals surface area contributed by atoms with Gasteiger partial charge in [-0.15, -0.1) is 0 Å². The van der Waals surface area contributed by atoms with Crippen molar-refractivity contribution >= 4 is 5.91 Å². The fourth-order valence-corrected chi connectivity index (χ4v) is 2.61. The van der Waals surface area contributed by atoms with Gasteiger partial charge in [-0.1, -0.05) is 12.1 Å². The van der Waals surface area contributed by atoms with Crippen LogP contribution in [-0.4, -0.2) is 31.0 Å². The molecular formula is C18H24FN3O2. The summed E-state index contributed by atoms with van der Waals surface area (Å²) in [5.74, 6) is 0.0286. The van der Waals surface area contributed by atoms with Gasteiger partial charge < -0.3 is 14.6 Å². The number of hydrogen-bond donors (Lipinski definition) is 1. The third-order valence-corrected chi connectivity index (χ3v) is 3.77. The molecule has 24 heavy (non-hydrogen) atoms. The molecule has 2 rings (SSSR count). The number of rotatable bonds is 5. The number of halogens is 1. The Morgan fingerprint density at radius 3 is 2.67 bits per heavy atom. The molecule has 0 aliphatic heterocycles. The molecule has 1 N–H and O–H groups in total. The number of imidazole rings is 1. The second-order valence-electron chi connectivity index (χ2n) is 6.87. The van der Waals surface area contributed by atoms with Crippen LogP contribution >= 0.6 is 0 Å². The molecule has 1 aromatic heterocycles. The standard InChI is InChI=1S/C18H24FN3O2/c1-13-9-21(16(12-23)20-13)11-17(24)22(18(2,3)4)10-14-6-5-7-15(19)8-14/h5-9,23H,10-12H2,1-4H3. The van der Waals surface area contributed by atoms with E-state index in [4.69, 9.17) is 0 Å². The van der Waals surface area contributed by atoms with Crippen LogP contribution in [0.5, 0.6) is 0 Å². The summed E-state index contributed by atoms with van der Waals surface area (Å²) in [7, 11) is 0. The molecule has 0 fully saturated rings. The largest absolute Gasteiger partial charge is 0.388 e. The molecule has 1 amide bonds. The number of nitrogens with zero attached hydrogens (tertiary/aromatic N) is 3. The summed E-state index contributed by atoms with van der Waals surface area (Å²) in [6.45, 7) is 7.82. The van der Waals surface area contributed by atoms with E-state index in [0.717, 1.165) is 11.3 Å². The van der Waals surface area contributed by atoms with Crippen LogP contribution in [-0.2, 0) is 24.5 Å². The van der Waals surface area contributed by atoms with E-state index >= 15 is 0 Å². The predicted molar refractivity (Wildman–Crippen MR) is 89.6 cm³/mol. The van der Waals surface area contributed by atoms with Gasteiger partial charge in [0.05, 0.1) is 5.69 Å². The summed E-state index contributed by atoms with van der Waals surface area (Å²) in [6.07, 6.45) is 1.74. The molecular weight excluding hydrogens is 309 g/mol. The number of carbonyl (C=O) groups excluding carboxylic acids is 1. The minimum atomic E-state index is -0.418. The van der Waals surface area contributed by atoms with E-state index in [9.17, 15) is 14.3 Å². The molecule has 0 atom stereocenters. The van der Waals surface area contributed by atoms with Crippen LogP contribution in [0.25, 0.3) is 0 Å². The van der Waals surface area contributed by atoms with Crippen molar-refractivity contribution in [2.75, 3.05) is 0 Å². The molecule has 0 saturated heterocycles. The first-order valence-corrected chi connectivity index (χ1v) is 7.89. The summed E-state index contributed by atoms with van der Waals surface area (Å²) < 4.78 is 15.1. The second kappa shape index (κ2) is 7.13. The van der Waals surface area contributed by atoms with E-state index in [2.05, 4.69) is 4.98 Å². The SMILES string of the molecule is Cc1cn(CC(=O)N(Cc2cccc(F)c2)C(C)(C)C)c(CO)n1. The van der Waals surface area contributed by atoms with Crippen LogP contribution in [0.2, 0.25) is 0 Å². The fourth-order valence-electron chi connectivity index (χ4n) is 2.61. The van der Waals surface area contributed by atoms with Crippen LogP contribution in [0, 0.1) is 12.7 Å². The normalized spacial score (nSPS) is 11.6. The quantitative estimate of drug-likeness (QED) is 0.915. The van der Waals surface area contributed by atoms with E-state index in [1.807, 2.05) is 27.7 Å². The van der Waals surface area contributed by atoms with Crippen LogP contribution in [0.15, 0.2) is 30.5 Å². The summed E-state index contributed by atoms with van der Waals surface area (Å²) in [6, 6.07) is 6.26. The number of aliphatic hydroxyl groups is 1. The lowest BCUT2D eigenvalue weighted by Crippen LogP contribution is -2.46. The number of carbonyl (C=O) groups is 1. The first kappa shape index (κ1) is 18.1. The zero-order chi connectivity index (χ0) is 17.9. The minimum absolute atomic E-state index is 0.0866. The lowest BCUT2D eigenvalue weighted by Gasteiger charge is -2.36. The van der Waals surface area contributed by atoms with Gasteiger partial charge in [0.15, 0.2) is 0 Å². The number of hydrogen-bond acceptors (Lipinski definition) is 3. The van der Waals surface area contributed by atoms with E-state index in [1.54, 1.807) is 27.8 Å². The highest BCUT2D eigenvalue weighted by Crippen LogP contribution is 2.19. The molecule has 6 heteroatoms. The first-order chi connectivity index (χ1) is 11.2. The molecule has 130 valence electrons.